The Kier molecular flexibility index (Phi) is 8.52. The van der Waals surface area contributed by atoms with Crippen LogP contribution in [0.4, 0.5) is 13.2 Å². The van der Waals surface area contributed by atoms with E-state index >= 15 is 0 Å². The predicted molar refractivity (Wildman–Crippen MR) is 96.9 cm³/mol. The molecule has 2 rings (SSSR count). The first-order valence-corrected chi connectivity index (χ1v) is 9.76. The molecule has 0 aliphatic carbocycles. The number of carbonyl (C=O) groups is 1. The van der Waals surface area contributed by atoms with Gasteiger partial charge in [0.05, 0.1) is 10.5 Å². The fourth-order valence-corrected chi connectivity index (χ4v) is 4.59. The van der Waals surface area contributed by atoms with Crippen LogP contribution in [0.15, 0.2) is 29.2 Å². The number of nitrogens with zero attached hydrogens (tertiary/aromatic N) is 1. The zero-order valence-corrected chi connectivity index (χ0v) is 16.2. The van der Waals surface area contributed by atoms with Crippen molar-refractivity contribution in [3.8, 4) is 0 Å². The molecule has 1 aliphatic rings. The molecule has 1 saturated heterocycles. The normalized spacial score (nSPS) is 18.6. The molecule has 0 saturated carbocycles. The summed E-state index contributed by atoms with van der Waals surface area (Å²) in [6, 6.07) is 3.02. The van der Waals surface area contributed by atoms with Crippen molar-refractivity contribution in [1.29, 1.82) is 0 Å². The van der Waals surface area contributed by atoms with Crippen molar-refractivity contribution in [3.63, 3.8) is 0 Å². The Morgan fingerprint density at radius 3 is 2.41 bits per heavy atom. The maximum Gasteiger partial charge on any atom is 0.416 e. The lowest BCUT2D eigenvalue weighted by atomic mass is 10.1. The molecule has 1 aromatic rings. The topological polar surface area (TPSA) is 92.5 Å². The third-order valence-corrected chi connectivity index (χ3v) is 6.23. The number of alkyl halides is 3. The fraction of sp³-hybridized carbons (Fsp3) is 0.562. The molecule has 154 valence electrons. The van der Waals surface area contributed by atoms with E-state index < -0.39 is 27.8 Å². The zero-order chi connectivity index (χ0) is 19.4. The maximum atomic E-state index is 12.8. The minimum Gasteiger partial charge on any atom is -0.354 e. The number of nitrogens with one attached hydrogen (secondary N) is 1. The van der Waals surface area contributed by atoms with Crippen LogP contribution in [0.2, 0.25) is 0 Å². The molecule has 27 heavy (non-hydrogen) atoms. The number of carbonyl (C=O) groups excluding carboxylic acids is 1. The van der Waals surface area contributed by atoms with Crippen molar-refractivity contribution in [2.24, 2.45) is 5.73 Å². The lowest BCUT2D eigenvalue weighted by Gasteiger charge is -2.34. The van der Waals surface area contributed by atoms with Crippen LogP contribution >= 0.6 is 12.4 Å². The summed E-state index contributed by atoms with van der Waals surface area (Å²) in [5.41, 5.74) is 4.40. The molecule has 0 radical (unpaired) electrons. The second kappa shape index (κ2) is 9.72. The number of hydrogen-bond acceptors (Lipinski definition) is 4. The van der Waals surface area contributed by atoms with Crippen LogP contribution in [0.5, 0.6) is 0 Å². The van der Waals surface area contributed by atoms with Crippen LogP contribution in [0.25, 0.3) is 0 Å². The number of piperidine rings is 1. The highest BCUT2D eigenvalue weighted by molar-refractivity contribution is 7.89. The van der Waals surface area contributed by atoms with Crippen molar-refractivity contribution in [3.05, 3.63) is 29.8 Å². The molecule has 0 spiro atoms. The van der Waals surface area contributed by atoms with Gasteiger partial charge in [-0.25, -0.2) is 8.42 Å². The second-order valence-corrected chi connectivity index (χ2v) is 8.02. The average molecular weight is 430 g/mol. The Balaban J connectivity index is 0.00000364. The molecule has 6 nitrogen and oxygen atoms in total. The summed E-state index contributed by atoms with van der Waals surface area (Å²) in [7, 11) is -3.94. The molecule has 11 heteroatoms. The molecule has 3 N–H and O–H groups in total. The van der Waals surface area contributed by atoms with E-state index in [1.807, 2.05) is 0 Å². The first-order valence-electron chi connectivity index (χ1n) is 8.32. The summed E-state index contributed by atoms with van der Waals surface area (Å²) in [6.45, 7) is 0.615. The van der Waals surface area contributed by atoms with Gasteiger partial charge in [0.15, 0.2) is 0 Å². The summed E-state index contributed by atoms with van der Waals surface area (Å²) < 4.78 is 64.9. The quantitative estimate of drug-likeness (QED) is 0.724. The SMILES string of the molecule is Cl.NCCC(=O)NCC1CCCCN1S(=O)(=O)c1ccc(C(F)(F)F)cc1. The van der Waals surface area contributed by atoms with E-state index in [4.69, 9.17) is 5.73 Å². The van der Waals surface area contributed by atoms with Crippen LogP contribution in [0, 0.1) is 0 Å². The lowest BCUT2D eigenvalue weighted by Crippen LogP contribution is -2.49. The molecular weight excluding hydrogens is 407 g/mol. The van der Waals surface area contributed by atoms with E-state index in [-0.39, 0.29) is 49.3 Å². The van der Waals surface area contributed by atoms with Crippen molar-refractivity contribution in [1.82, 2.24) is 9.62 Å². The Labute approximate surface area is 162 Å². The molecule has 1 heterocycles. The Morgan fingerprint density at radius 1 is 1.22 bits per heavy atom. The summed E-state index contributed by atoms with van der Waals surface area (Å²) in [6.07, 6.45) is -2.33. The van der Waals surface area contributed by atoms with Gasteiger partial charge in [0.1, 0.15) is 0 Å². The minimum atomic E-state index is -4.52. The Morgan fingerprint density at radius 2 is 1.85 bits per heavy atom. The highest BCUT2D eigenvalue weighted by Crippen LogP contribution is 2.31. The molecule has 0 aromatic heterocycles. The summed E-state index contributed by atoms with van der Waals surface area (Å²) >= 11 is 0. The van der Waals surface area contributed by atoms with Gasteiger partial charge in [-0.3, -0.25) is 4.79 Å². The molecular formula is C16H23ClF3N3O3S. The van der Waals surface area contributed by atoms with Gasteiger partial charge in [-0.1, -0.05) is 6.42 Å². The van der Waals surface area contributed by atoms with Crippen LogP contribution < -0.4 is 11.1 Å². The fourth-order valence-electron chi connectivity index (χ4n) is 2.90. The average Bonchev–Trinajstić information content (AvgIpc) is 2.60. The highest BCUT2D eigenvalue weighted by atomic mass is 35.5. The summed E-state index contributed by atoms with van der Waals surface area (Å²) in [4.78, 5) is 11.4. The van der Waals surface area contributed by atoms with E-state index in [0.29, 0.717) is 12.8 Å². The number of benzene rings is 1. The third-order valence-electron chi connectivity index (χ3n) is 4.27. The molecule has 1 aromatic carbocycles. The van der Waals surface area contributed by atoms with Gasteiger partial charge in [0.25, 0.3) is 0 Å². The molecule has 1 aliphatic heterocycles. The number of halogens is 4. The number of rotatable bonds is 6. The van der Waals surface area contributed by atoms with Crippen LogP contribution in [-0.2, 0) is 21.0 Å². The standard InChI is InChI=1S/C16H22F3N3O3S.ClH/c17-16(18,19)12-4-6-14(7-5-12)26(24,25)22-10-2-1-3-13(22)11-21-15(23)8-9-20;/h4-7,13H,1-3,8-11,20H2,(H,21,23);1H. The highest BCUT2D eigenvalue weighted by Gasteiger charge is 2.35. The molecule has 1 amide bonds. The zero-order valence-electron chi connectivity index (χ0n) is 14.5. The van der Waals surface area contributed by atoms with E-state index in [1.54, 1.807) is 0 Å². The van der Waals surface area contributed by atoms with Crippen molar-refractivity contribution >= 4 is 28.3 Å². The van der Waals surface area contributed by atoms with E-state index in [0.717, 1.165) is 30.7 Å². The molecule has 1 unspecified atom stereocenters. The molecule has 1 fully saturated rings. The molecule has 1 atom stereocenters. The minimum absolute atomic E-state index is 0. The van der Waals surface area contributed by atoms with Gasteiger partial charge in [0, 0.05) is 32.1 Å². The number of sulfonamides is 1. The van der Waals surface area contributed by atoms with Gasteiger partial charge in [-0.2, -0.15) is 17.5 Å². The Bertz CT molecular complexity index is 727. The number of amides is 1. The van der Waals surface area contributed by atoms with Crippen LogP contribution in [0.1, 0.15) is 31.2 Å². The summed E-state index contributed by atoms with van der Waals surface area (Å²) in [5, 5.41) is 2.66. The Hall–Kier alpha value is -1.36. The third kappa shape index (κ3) is 6.06. The largest absolute Gasteiger partial charge is 0.416 e. The van der Waals surface area contributed by atoms with Crippen LogP contribution in [0.3, 0.4) is 0 Å². The van der Waals surface area contributed by atoms with Crippen molar-refractivity contribution < 1.29 is 26.4 Å². The smallest absolute Gasteiger partial charge is 0.354 e. The number of hydrogen-bond donors (Lipinski definition) is 2. The molecule has 0 bridgehead atoms. The van der Waals surface area contributed by atoms with E-state index in [1.165, 1.54) is 4.31 Å². The lowest BCUT2D eigenvalue weighted by molar-refractivity contribution is -0.137. The second-order valence-electron chi connectivity index (χ2n) is 6.13. The van der Waals surface area contributed by atoms with Crippen LogP contribution in [-0.4, -0.2) is 44.3 Å². The first kappa shape index (κ1) is 23.7. The number of nitrogens with two attached hydrogens (primary N) is 1. The maximum absolute atomic E-state index is 12.8. The van der Waals surface area contributed by atoms with Gasteiger partial charge in [-0.15, -0.1) is 12.4 Å². The summed E-state index contributed by atoms with van der Waals surface area (Å²) in [5.74, 6) is -0.259. The van der Waals surface area contributed by atoms with E-state index in [9.17, 15) is 26.4 Å². The van der Waals surface area contributed by atoms with Gasteiger partial charge in [0.2, 0.25) is 15.9 Å². The van der Waals surface area contributed by atoms with Gasteiger partial charge in [-0.05, 0) is 37.1 Å². The first-order chi connectivity index (χ1) is 12.2. The van der Waals surface area contributed by atoms with Gasteiger partial charge < -0.3 is 11.1 Å². The van der Waals surface area contributed by atoms with Gasteiger partial charge >= 0.3 is 6.18 Å². The van der Waals surface area contributed by atoms with Crippen molar-refractivity contribution in [2.75, 3.05) is 19.6 Å². The van der Waals surface area contributed by atoms with Crippen molar-refractivity contribution in [2.45, 2.75) is 42.8 Å². The monoisotopic (exact) mass is 429 g/mol. The predicted octanol–water partition coefficient (Wildman–Crippen LogP) is 2.14. The van der Waals surface area contributed by atoms with E-state index in [2.05, 4.69) is 5.32 Å².